The molecule has 1 aromatic carbocycles. The number of carbonyl (C=O) groups is 1. The van der Waals surface area contributed by atoms with Gasteiger partial charge in [0.25, 0.3) is 0 Å². The van der Waals surface area contributed by atoms with Gasteiger partial charge in [-0.25, -0.2) is 9.97 Å². The summed E-state index contributed by atoms with van der Waals surface area (Å²) in [5.74, 6) is 0.151. The molecule has 0 aliphatic carbocycles. The van der Waals surface area contributed by atoms with E-state index < -0.39 is 0 Å². The first kappa shape index (κ1) is 19.6. The van der Waals surface area contributed by atoms with Crippen molar-refractivity contribution in [2.45, 2.75) is 26.3 Å². The lowest BCUT2D eigenvalue weighted by atomic mass is 10.1. The first-order valence-corrected chi connectivity index (χ1v) is 8.92. The fourth-order valence-electron chi connectivity index (χ4n) is 1.88. The second kappa shape index (κ2) is 7.66. The van der Waals surface area contributed by atoms with Crippen molar-refractivity contribution in [3.63, 3.8) is 0 Å². The zero-order valence-electron chi connectivity index (χ0n) is 14.0. The van der Waals surface area contributed by atoms with Gasteiger partial charge >= 0.3 is 0 Å². The van der Waals surface area contributed by atoms with Gasteiger partial charge in [0.1, 0.15) is 4.83 Å². The number of aromatic nitrogens is 2. The van der Waals surface area contributed by atoms with E-state index in [0.717, 1.165) is 17.2 Å². The van der Waals surface area contributed by atoms with E-state index in [1.807, 2.05) is 20.8 Å². The predicted octanol–water partition coefficient (Wildman–Crippen LogP) is 4.80. The number of fused-ring (bicyclic) bond motifs is 1. The number of rotatable bonds is 2. The van der Waals surface area contributed by atoms with Gasteiger partial charge in [-0.15, -0.1) is 11.3 Å². The maximum Gasteiger partial charge on any atom is 0.221 e. The Bertz CT molecular complexity index is 913. The molecule has 132 valence electrons. The molecule has 3 aromatic rings. The van der Waals surface area contributed by atoms with Crippen molar-refractivity contribution in [3.05, 3.63) is 39.2 Å². The lowest BCUT2D eigenvalue weighted by Crippen LogP contribution is -2.26. The highest BCUT2D eigenvalue weighted by molar-refractivity contribution is 7.20. The van der Waals surface area contributed by atoms with E-state index in [0.29, 0.717) is 25.4 Å². The summed E-state index contributed by atoms with van der Waals surface area (Å²) in [4.78, 5) is 20.5. The Hall–Kier alpha value is -1.73. The number of hydrogen-bond acceptors (Lipinski definition) is 6. The topological polar surface area (TPSA) is 94.9 Å². The van der Waals surface area contributed by atoms with Crippen LogP contribution < -0.4 is 11.5 Å². The largest absolute Gasteiger partial charge is 0.368 e. The third kappa shape index (κ3) is 5.37. The Labute approximate surface area is 160 Å². The molecule has 25 heavy (non-hydrogen) atoms. The first-order chi connectivity index (χ1) is 11.6. The van der Waals surface area contributed by atoms with E-state index in [1.165, 1.54) is 11.3 Å². The van der Waals surface area contributed by atoms with Crippen LogP contribution >= 0.6 is 34.5 Å². The molecule has 0 spiro atoms. The third-order valence-electron chi connectivity index (χ3n) is 2.74. The fraction of sp³-hybridized carbons (Fsp3) is 0.235. The average Bonchev–Trinajstić information content (AvgIpc) is 2.90. The van der Waals surface area contributed by atoms with E-state index in [1.54, 1.807) is 24.3 Å². The zero-order valence-corrected chi connectivity index (χ0v) is 16.3. The van der Waals surface area contributed by atoms with E-state index >= 15 is 0 Å². The number of halogens is 2. The summed E-state index contributed by atoms with van der Waals surface area (Å²) < 4.78 is 0. The van der Waals surface area contributed by atoms with Crippen molar-refractivity contribution in [3.8, 4) is 11.3 Å². The lowest BCUT2D eigenvalue weighted by Gasteiger charge is -2.06. The number of nitrogens with two attached hydrogens (primary N) is 2. The molecule has 8 heteroatoms. The highest BCUT2D eigenvalue weighted by Gasteiger charge is 2.13. The van der Waals surface area contributed by atoms with E-state index in [-0.39, 0.29) is 11.5 Å². The van der Waals surface area contributed by atoms with Crippen LogP contribution in [0.4, 0.5) is 5.95 Å². The van der Waals surface area contributed by atoms with E-state index in [9.17, 15) is 4.79 Å². The molecule has 0 unspecified atom stereocenters. The number of thiophene rings is 1. The molecule has 0 saturated carbocycles. The number of anilines is 1. The van der Waals surface area contributed by atoms with Gasteiger partial charge in [-0.3, -0.25) is 4.79 Å². The van der Waals surface area contributed by atoms with Crippen LogP contribution in [0.2, 0.25) is 10.0 Å². The summed E-state index contributed by atoms with van der Waals surface area (Å²) >= 11 is 13.2. The van der Waals surface area contributed by atoms with Crippen molar-refractivity contribution >= 4 is 57.0 Å². The molecule has 0 amide bonds. The molecule has 0 atom stereocenters. The Balaban J connectivity index is 0.000000399. The summed E-state index contributed by atoms with van der Waals surface area (Å²) in [6.45, 7) is 5.90. The van der Waals surface area contributed by atoms with Crippen LogP contribution in [0.5, 0.6) is 0 Å². The van der Waals surface area contributed by atoms with Crippen LogP contribution in [0.3, 0.4) is 0 Å². The molecule has 0 saturated heterocycles. The molecular formula is C17H18Cl2N4OS. The fourth-order valence-corrected chi connectivity index (χ4v) is 3.03. The van der Waals surface area contributed by atoms with Gasteiger partial charge < -0.3 is 11.5 Å². The van der Waals surface area contributed by atoms with Crippen LogP contribution in [-0.2, 0) is 0 Å². The van der Waals surface area contributed by atoms with Crippen LogP contribution in [0.25, 0.3) is 21.5 Å². The van der Waals surface area contributed by atoms with Crippen LogP contribution in [-0.4, -0.2) is 21.8 Å². The molecule has 2 heterocycles. The summed E-state index contributed by atoms with van der Waals surface area (Å²) in [6.07, 6.45) is 0.779. The number of nitrogens with zero attached hydrogens (tertiary/aromatic N) is 2. The maximum absolute atomic E-state index is 10.9. The Morgan fingerprint density at radius 1 is 1.12 bits per heavy atom. The molecule has 0 aliphatic heterocycles. The third-order valence-corrected chi connectivity index (χ3v) is 4.43. The molecule has 0 fully saturated rings. The van der Waals surface area contributed by atoms with Crippen molar-refractivity contribution in [1.82, 2.24) is 9.97 Å². The molecule has 2 aromatic heterocycles. The summed E-state index contributed by atoms with van der Waals surface area (Å²) in [7, 11) is 0. The average molecular weight is 397 g/mol. The summed E-state index contributed by atoms with van der Waals surface area (Å²) in [5, 5.41) is 1.66. The zero-order chi connectivity index (χ0) is 18.8. The monoisotopic (exact) mass is 396 g/mol. The minimum absolute atomic E-state index is 0. The molecule has 5 nitrogen and oxygen atoms in total. The van der Waals surface area contributed by atoms with Crippen molar-refractivity contribution in [2.75, 3.05) is 5.73 Å². The van der Waals surface area contributed by atoms with E-state index in [2.05, 4.69) is 9.97 Å². The normalized spacial score (nSPS) is 11.1. The van der Waals surface area contributed by atoms with Gasteiger partial charge in [0.05, 0.1) is 20.6 Å². The Kier molecular flexibility index (Phi) is 6.00. The highest BCUT2D eigenvalue weighted by Crippen LogP contribution is 2.34. The predicted molar refractivity (Wildman–Crippen MR) is 107 cm³/mol. The highest BCUT2D eigenvalue weighted by atomic mass is 35.5. The standard InChI is InChI=1S/C13H7Cl2N3OS.C4H11N/c14-9-2-1-6(3-10(9)15)11-8-4-7(5-19)20-12(8)18-13(16)17-11;1-4(2,3)5/h1-5H,(H2,16,17,18);5H2,1-3H3. The van der Waals surface area contributed by atoms with Gasteiger partial charge in [0.15, 0.2) is 6.29 Å². The second-order valence-electron chi connectivity index (χ2n) is 6.41. The van der Waals surface area contributed by atoms with Gasteiger partial charge in [0.2, 0.25) is 5.95 Å². The van der Waals surface area contributed by atoms with Crippen LogP contribution in [0.15, 0.2) is 24.3 Å². The Morgan fingerprint density at radius 2 is 1.76 bits per heavy atom. The van der Waals surface area contributed by atoms with Crippen molar-refractivity contribution in [1.29, 1.82) is 0 Å². The number of benzene rings is 1. The van der Waals surface area contributed by atoms with Gasteiger partial charge in [-0.2, -0.15) is 0 Å². The smallest absolute Gasteiger partial charge is 0.221 e. The SMILES string of the molecule is CC(C)(C)N.Nc1nc(-c2ccc(Cl)c(Cl)c2)c2cc(C=O)sc2n1. The number of aldehydes is 1. The minimum atomic E-state index is 0. The van der Waals surface area contributed by atoms with Crippen molar-refractivity contribution in [2.24, 2.45) is 5.73 Å². The second-order valence-corrected chi connectivity index (χ2v) is 8.29. The quantitative estimate of drug-likeness (QED) is 0.606. The van der Waals surface area contributed by atoms with Gasteiger partial charge in [0, 0.05) is 16.5 Å². The van der Waals surface area contributed by atoms with Gasteiger partial charge in [-0.05, 0) is 39.0 Å². The molecule has 3 rings (SSSR count). The molecule has 0 aliphatic rings. The van der Waals surface area contributed by atoms with Crippen LogP contribution in [0.1, 0.15) is 30.4 Å². The molecule has 0 radical (unpaired) electrons. The Morgan fingerprint density at radius 3 is 2.32 bits per heavy atom. The lowest BCUT2D eigenvalue weighted by molar-refractivity contribution is 0.112. The number of carbonyl (C=O) groups excluding carboxylic acids is 1. The van der Waals surface area contributed by atoms with Crippen molar-refractivity contribution < 1.29 is 4.79 Å². The van der Waals surface area contributed by atoms with Crippen LogP contribution in [0, 0.1) is 0 Å². The maximum atomic E-state index is 10.9. The number of hydrogen-bond donors (Lipinski definition) is 2. The summed E-state index contributed by atoms with van der Waals surface area (Å²) in [6, 6.07) is 6.94. The number of nitrogen functional groups attached to an aromatic ring is 1. The minimum Gasteiger partial charge on any atom is -0.368 e. The van der Waals surface area contributed by atoms with E-state index in [4.69, 9.17) is 34.7 Å². The molecular weight excluding hydrogens is 379 g/mol. The molecule has 4 N–H and O–H groups in total. The summed E-state index contributed by atoms with van der Waals surface area (Å²) in [5.41, 5.74) is 12.5. The van der Waals surface area contributed by atoms with Gasteiger partial charge in [-0.1, -0.05) is 29.3 Å². The molecule has 0 bridgehead atoms. The first-order valence-electron chi connectivity index (χ1n) is 7.35.